The Morgan fingerprint density at radius 1 is 1.00 bits per heavy atom. The molecule has 0 saturated carbocycles. The molecule has 0 aliphatic heterocycles. The number of carbonyl (C=O) groups excluding carboxylic acids is 2. The van der Waals surface area contributed by atoms with Gasteiger partial charge in [0.1, 0.15) is 10.8 Å². The zero-order valence-corrected chi connectivity index (χ0v) is 16.1. The average Bonchev–Trinajstić information content (AvgIpc) is 2.70. The van der Waals surface area contributed by atoms with Crippen LogP contribution >= 0.6 is 23.4 Å². The third-order valence-corrected chi connectivity index (χ3v) is 4.92. The van der Waals surface area contributed by atoms with Gasteiger partial charge in [0.2, 0.25) is 5.91 Å². The first-order chi connectivity index (χ1) is 13.5. The molecule has 142 valence electrons. The highest BCUT2D eigenvalue weighted by Crippen LogP contribution is 2.29. The second-order valence-corrected chi connectivity index (χ2v) is 7.22. The third kappa shape index (κ3) is 5.55. The highest BCUT2D eigenvalue weighted by molar-refractivity contribution is 7.99. The van der Waals surface area contributed by atoms with Crippen molar-refractivity contribution >= 4 is 35.2 Å². The van der Waals surface area contributed by atoms with Crippen molar-refractivity contribution in [3.8, 4) is 0 Å². The number of halogens is 2. The van der Waals surface area contributed by atoms with E-state index in [1.54, 1.807) is 30.5 Å². The lowest BCUT2D eigenvalue weighted by molar-refractivity contribution is -0.121. The molecule has 3 rings (SSSR count). The molecule has 3 aromatic rings. The number of aromatic nitrogens is 1. The minimum absolute atomic E-state index is 0.0139. The lowest BCUT2D eigenvalue weighted by atomic mass is 10.1. The van der Waals surface area contributed by atoms with E-state index in [1.165, 1.54) is 36.0 Å². The van der Waals surface area contributed by atoms with Gasteiger partial charge in [0, 0.05) is 16.1 Å². The summed E-state index contributed by atoms with van der Waals surface area (Å²) < 4.78 is 12.9. The highest BCUT2D eigenvalue weighted by Gasteiger charge is 2.14. The van der Waals surface area contributed by atoms with Crippen LogP contribution in [0.3, 0.4) is 0 Å². The molecule has 0 radical (unpaired) electrons. The van der Waals surface area contributed by atoms with E-state index < -0.39 is 11.8 Å². The monoisotopic (exact) mass is 415 g/mol. The summed E-state index contributed by atoms with van der Waals surface area (Å²) in [6, 6.07) is 16.0. The number of nitrogens with one attached hydrogen (secondary N) is 2. The number of hydrogen-bond donors (Lipinski definition) is 2. The maximum Gasteiger partial charge on any atom is 0.272 e. The molecule has 1 heterocycles. The number of carbonyl (C=O) groups is 2. The normalized spacial score (nSPS) is 10.4. The van der Waals surface area contributed by atoms with Crippen molar-refractivity contribution in [1.29, 1.82) is 0 Å². The van der Waals surface area contributed by atoms with Crippen molar-refractivity contribution in [1.82, 2.24) is 15.8 Å². The Labute approximate surface area is 170 Å². The molecule has 0 aliphatic carbocycles. The number of amides is 2. The first kappa shape index (κ1) is 19.9. The molecule has 0 aliphatic rings. The van der Waals surface area contributed by atoms with E-state index in [0.717, 1.165) is 4.90 Å². The molecule has 1 aromatic heterocycles. The quantitative estimate of drug-likeness (QED) is 0.617. The Kier molecular flexibility index (Phi) is 6.62. The number of pyridine rings is 1. The van der Waals surface area contributed by atoms with Gasteiger partial charge >= 0.3 is 0 Å². The second kappa shape index (κ2) is 9.34. The largest absolute Gasteiger partial charge is 0.273 e. The first-order valence-electron chi connectivity index (χ1n) is 8.23. The summed E-state index contributed by atoms with van der Waals surface area (Å²) in [6.07, 6.45) is 1.60. The fourth-order valence-electron chi connectivity index (χ4n) is 2.28. The Hall–Kier alpha value is -2.90. The fourth-order valence-corrected chi connectivity index (χ4v) is 3.29. The van der Waals surface area contributed by atoms with Gasteiger partial charge in [0.25, 0.3) is 5.91 Å². The first-order valence-corrected chi connectivity index (χ1v) is 9.43. The van der Waals surface area contributed by atoms with E-state index >= 15 is 0 Å². The molecule has 0 bridgehead atoms. The summed E-state index contributed by atoms with van der Waals surface area (Å²) in [5.41, 5.74) is 5.69. The fraction of sp³-hybridized carbons (Fsp3) is 0.0500. The summed E-state index contributed by atoms with van der Waals surface area (Å²) in [7, 11) is 0. The Morgan fingerprint density at radius 3 is 2.43 bits per heavy atom. The lowest BCUT2D eigenvalue weighted by Crippen LogP contribution is -2.42. The smallest absolute Gasteiger partial charge is 0.272 e. The van der Waals surface area contributed by atoms with Crippen LogP contribution in [0.1, 0.15) is 15.9 Å². The standard InChI is InChI=1S/C20H15ClFN3O2S/c21-14-5-9-16(10-6-14)28-20-17(2-1-11-23-20)19(27)25-24-18(26)12-13-3-7-15(22)8-4-13/h1-11H,12H2,(H,24,26)(H,25,27). The van der Waals surface area contributed by atoms with Gasteiger partial charge in [-0.3, -0.25) is 20.4 Å². The van der Waals surface area contributed by atoms with E-state index in [9.17, 15) is 14.0 Å². The van der Waals surface area contributed by atoms with Gasteiger partial charge in [-0.25, -0.2) is 9.37 Å². The van der Waals surface area contributed by atoms with Crippen molar-refractivity contribution in [2.45, 2.75) is 16.3 Å². The molecule has 2 amide bonds. The summed E-state index contributed by atoms with van der Waals surface area (Å²) in [4.78, 5) is 29.6. The lowest BCUT2D eigenvalue weighted by Gasteiger charge is -2.10. The SMILES string of the molecule is O=C(Cc1ccc(F)cc1)NNC(=O)c1cccnc1Sc1ccc(Cl)cc1. The molecule has 0 atom stereocenters. The van der Waals surface area contributed by atoms with Crippen molar-refractivity contribution in [2.75, 3.05) is 0 Å². The van der Waals surface area contributed by atoms with Crippen molar-refractivity contribution < 1.29 is 14.0 Å². The highest BCUT2D eigenvalue weighted by atomic mass is 35.5. The van der Waals surface area contributed by atoms with E-state index in [4.69, 9.17) is 11.6 Å². The molecule has 0 fully saturated rings. The van der Waals surface area contributed by atoms with Gasteiger partial charge in [-0.15, -0.1) is 0 Å². The van der Waals surface area contributed by atoms with E-state index in [0.29, 0.717) is 21.2 Å². The van der Waals surface area contributed by atoms with Gasteiger partial charge in [0.15, 0.2) is 0 Å². The molecule has 5 nitrogen and oxygen atoms in total. The number of nitrogens with zero attached hydrogens (tertiary/aromatic N) is 1. The van der Waals surface area contributed by atoms with Crippen LogP contribution in [-0.4, -0.2) is 16.8 Å². The predicted molar refractivity (Wildman–Crippen MR) is 106 cm³/mol. The van der Waals surface area contributed by atoms with Crippen LogP contribution in [-0.2, 0) is 11.2 Å². The average molecular weight is 416 g/mol. The minimum atomic E-state index is -0.489. The number of benzene rings is 2. The molecular weight excluding hydrogens is 401 g/mol. The summed E-state index contributed by atoms with van der Waals surface area (Å²) in [5, 5.41) is 1.11. The van der Waals surface area contributed by atoms with Crippen LogP contribution in [0.2, 0.25) is 5.02 Å². The van der Waals surface area contributed by atoms with Crippen LogP contribution < -0.4 is 10.9 Å². The van der Waals surface area contributed by atoms with E-state index in [-0.39, 0.29) is 12.2 Å². The zero-order chi connectivity index (χ0) is 19.9. The molecule has 0 unspecified atom stereocenters. The summed E-state index contributed by atoms with van der Waals surface area (Å²) in [6.45, 7) is 0. The molecule has 8 heteroatoms. The maximum atomic E-state index is 12.9. The predicted octanol–water partition coefficient (Wildman–Crippen LogP) is 4.03. The topological polar surface area (TPSA) is 71.1 Å². The van der Waals surface area contributed by atoms with Crippen LogP contribution in [0.25, 0.3) is 0 Å². The van der Waals surface area contributed by atoms with Gasteiger partial charge in [-0.05, 0) is 54.1 Å². The number of rotatable bonds is 5. The zero-order valence-electron chi connectivity index (χ0n) is 14.5. The number of hydrogen-bond acceptors (Lipinski definition) is 4. The molecule has 0 saturated heterocycles. The van der Waals surface area contributed by atoms with Crippen LogP contribution in [0.4, 0.5) is 4.39 Å². The van der Waals surface area contributed by atoms with Crippen LogP contribution in [0, 0.1) is 5.82 Å². The van der Waals surface area contributed by atoms with Crippen LogP contribution in [0.5, 0.6) is 0 Å². The van der Waals surface area contributed by atoms with Gasteiger partial charge in [0.05, 0.1) is 12.0 Å². The molecular formula is C20H15ClFN3O2S. The van der Waals surface area contributed by atoms with E-state index in [1.807, 2.05) is 12.1 Å². The molecule has 28 heavy (non-hydrogen) atoms. The van der Waals surface area contributed by atoms with Gasteiger partial charge in [-0.2, -0.15) is 0 Å². The molecule has 2 aromatic carbocycles. The molecule has 2 N–H and O–H groups in total. The Balaban J connectivity index is 1.61. The van der Waals surface area contributed by atoms with Crippen molar-refractivity contribution in [3.63, 3.8) is 0 Å². The maximum absolute atomic E-state index is 12.9. The van der Waals surface area contributed by atoms with Gasteiger partial charge < -0.3 is 0 Å². The summed E-state index contributed by atoms with van der Waals surface area (Å²) >= 11 is 7.20. The van der Waals surface area contributed by atoms with E-state index in [2.05, 4.69) is 15.8 Å². The van der Waals surface area contributed by atoms with Gasteiger partial charge in [-0.1, -0.05) is 35.5 Å². The minimum Gasteiger partial charge on any atom is -0.273 e. The third-order valence-electron chi connectivity index (χ3n) is 3.64. The molecule has 0 spiro atoms. The summed E-state index contributed by atoms with van der Waals surface area (Å²) in [5.74, 6) is -1.28. The second-order valence-electron chi connectivity index (χ2n) is 5.72. The van der Waals surface area contributed by atoms with Crippen LogP contribution in [0.15, 0.2) is 76.8 Å². The Bertz CT molecular complexity index is 982. The van der Waals surface area contributed by atoms with Crippen molar-refractivity contribution in [2.24, 2.45) is 0 Å². The number of hydrazine groups is 1. The van der Waals surface area contributed by atoms with Crippen molar-refractivity contribution in [3.05, 3.63) is 88.8 Å². The Morgan fingerprint density at radius 2 is 1.71 bits per heavy atom.